The molecule has 7 heteroatoms. The van der Waals surface area contributed by atoms with Gasteiger partial charge in [0.15, 0.2) is 0 Å². The molecule has 3 heterocycles. The van der Waals surface area contributed by atoms with E-state index in [1.807, 2.05) is 29.1 Å². The van der Waals surface area contributed by atoms with Gasteiger partial charge in [0.05, 0.1) is 6.20 Å². The van der Waals surface area contributed by atoms with Crippen molar-refractivity contribution in [2.24, 2.45) is 5.92 Å². The van der Waals surface area contributed by atoms with Crippen molar-refractivity contribution in [2.45, 2.75) is 13.1 Å². The number of halogens is 1. The Balaban J connectivity index is 1.25. The molecule has 0 saturated carbocycles. The first-order valence-electron chi connectivity index (χ1n) is 8.61. The smallest absolute Gasteiger partial charge is 0.219 e. The maximum atomic E-state index is 12.9. The molecule has 1 aromatic carbocycles. The fourth-order valence-electron chi connectivity index (χ4n) is 2.94. The van der Waals surface area contributed by atoms with Crippen molar-refractivity contribution in [1.82, 2.24) is 20.1 Å². The molecule has 1 aliphatic heterocycles. The lowest BCUT2D eigenvalue weighted by Gasteiger charge is -2.25. The zero-order valence-electron chi connectivity index (χ0n) is 14.2. The third-order valence-electron chi connectivity index (χ3n) is 4.32. The summed E-state index contributed by atoms with van der Waals surface area (Å²) in [6.07, 6.45) is 3.61. The van der Waals surface area contributed by atoms with Gasteiger partial charge in [-0.1, -0.05) is 6.07 Å². The molecule has 0 amide bonds. The first-order valence-corrected chi connectivity index (χ1v) is 8.61. The van der Waals surface area contributed by atoms with Gasteiger partial charge in [0.2, 0.25) is 5.88 Å². The fraction of sp³-hybridized carbons (Fsp3) is 0.263. The average molecular weight is 353 g/mol. The molecule has 26 heavy (non-hydrogen) atoms. The van der Waals surface area contributed by atoms with Crippen LogP contribution in [0.1, 0.15) is 5.56 Å². The fourth-order valence-corrected chi connectivity index (χ4v) is 2.94. The van der Waals surface area contributed by atoms with Gasteiger partial charge in [-0.25, -0.2) is 14.1 Å². The number of rotatable bonds is 6. The molecule has 6 nitrogen and oxygen atoms in total. The van der Waals surface area contributed by atoms with Crippen LogP contribution in [0.2, 0.25) is 0 Å². The Bertz CT molecular complexity index is 847. The number of nitrogens with zero attached hydrogens (tertiary/aromatic N) is 3. The van der Waals surface area contributed by atoms with Gasteiger partial charge in [-0.3, -0.25) is 0 Å². The molecule has 0 aliphatic carbocycles. The molecule has 2 N–H and O–H groups in total. The largest absolute Gasteiger partial charge is 0.439 e. The summed E-state index contributed by atoms with van der Waals surface area (Å²) in [6, 6.07) is 11.7. The van der Waals surface area contributed by atoms with Crippen LogP contribution in [0.3, 0.4) is 0 Å². The number of hydrogen-bond acceptors (Lipinski definition) is 5. The minimum Gasteiger partial charge on any atom is -0.439 e. The molecule has 0 bridgehead atoms. The lowest BCUT2D eigenvalue weighted by Crippen LogP contribution is -2.35. The molecule has 1 aliphatic rings. The van der Waals surface area contributed by atoms with Crippen molar-refractivity contribution < 1.29 is 9.13 Å². The zero-order valence-corrected chi connectivity index (χ0v) is 14.2. The summed E-state index contributed by atoms with van der Waals surface area (Å²) < 4.78 is 20.5. The molecule has 0 unspecified atom stereocenters. The Labute approximate surface area is 151 Å². The highest BCUT2D eigenvalue weighted by molar-refractivity contribution is 5.35. The van der Waals surface area contributed by atoms with Crippen molar-refractivity contribution in [3.05, 3.63) is 66.2 Å². The predicted octanol–water partition coefficient (Wildman–Crippen LogP) is 3.04. The maximum absolute atomic E-state index is 12.9. The van der Waals surface area contributed by atoms with Crippen LogP contribution in [0.25, 0.3) is 0 Å². The lowest BCUT2D eigenvalue weighted by molar-refractivity contribution is 0.391. The summed E-state index contributed by atoms with van der Waals surface area (Å²) in [5.74, 6) is 2.35. The van der Waals surface area contributed by atoms with Crippen LogP contribution in [-0.4, -0.2) is 27.9 Å². The Morgan fingerprint density at radius 3 is 2.88 bits per heavy atom. The van der Waals surface area contributed by atoms with E-state index in [9.17, 15) is 4.39 Å². The van der Waals surface area contributed by atoms with Crippen molar-refractivity contribution in [3.63, 3.8) is 0 Å². The van der Waals surface area contributed by atoms with Crippen LogP contribution in [0.4, 0.5) is 10.2 Å². The highest BCUT2D eigenvalue weighted by Crippen LogP contribution is 2.20. The van der Waals surface area contributed by atoms with Crippen molar-refractivity contribution in [2.75, 3.05) is 18.4 Å². The van der Waals surface area contributed by atoms with E-state index in [0.717, 1.165) is 37.6 Å². The van der Waals surface area contributed by atoms with Crippen molar-refractivity contribution in [3.8, 4) is 11.6 Å². The molecule has 3 aromatic rings. The van der Waals surface area contributed by atoms with E-state index in [0.29, 0.717) is 17.5 Å². The second-order valence-electron chi connectivity index (χ2n) is 6.34. The summed E-state index contributed by atoms with van der Waals surface area (Å²) in [5, 5.41) is 11.2. The van der Waals surface area contributed by atoms with Gasteiger partial charge >= 0.3 is 0 Å². The van der Waals surface area contributed by atoms with E-state index in [-0.39, 0.29) is 5.82 Å². The van der Waals surface area contributed by atoms with Crippen LogP contribution in [0.15, 0.2) is 54.9 Å². The van der Waals surface area contributed by atoms with Crippen molar-refractivity contribution in [1.29, 1.82) is 0 Å². The standard InChI is InChI=1S/C19H20FN5O/c20-16-2-4-17(5-3-16)26-19-6-1-14(11-23-19)9-21-10-15-12-22-18-7-8-24-25(18)13-15/h1-8,11,15,21-22H,9-10,12-13H2/t15-/m0/s1. The van der Waals surface area contributed by atoms with E-state index in [1.54, 1.807) is 18.3 Å². The Morgan fingerprint density at radius 1 is 1.19 bits per heavy atom. The van der Waals surface area contributed by atoms with Gasteiger partial charge in [0, 0.05) is 50.4 Å². The van der Waals surface area contributed by atoms with Crippen LogP contribution >= 0.6 is 0 Å². The second kappa shape index (κ2) is 7.53. The quantitative estimate of drug-likeness (QED) is 0.713. The summed E-state index contributed by atoms with van der Waals surface area (Å²) in [6.45, 7) is 3.51. The van der Waals surface area contributed by atoms with Crippen LogP contribution in [0, 0.1) is 11.7 Å². The third-order valence-corrected chi connectivity index (χ3v) is 4.32. The number of hydrogen-bond donors (Lipinski definition) is 2. The Hall–Kier alpha value is -2.93. The molecule has 2 aromatic heterocycles. The number of benzene rings is 1. The van der Waals surface area contributed by atoms with Gasteiger partial charge in [-0.05, 0) is 29.8 Å². The van der Waals surface area contributed by atoms with E-state index >= 15 is 0 Å². The highest BCUT2D eigenvalue weighted by Gasteiger charge is 2.17. The van der Waals surface area contributed by atoms with E-state index in [2.05, 4.69) is 20.7 Å². The minimum absolute atomic E-state index is 0.288. The van der Waals surface area contributed by atoms with Gasteiger partial charge < -0.3 is 15.4 Å². The van der Waals surface area contributed by atoms with Crippen LogP contribution in [0.5, 0.6) is 11.6 Å². The minimum atomic E-state index is -0.288. The molecule has 4 rings (SSSR count). The van der Waals surface area contributed by atoms with E-state index < -0.39 is 0 Å². The van der Waals surface area contributed by atoms with Gasteiger partial charge in [0.25, 0.3) is 0 Å². The Morgan fingerprint density at radius 2 is 2.08 bits per heavy atom. The highest BCUT2D eigenvalue weighted by atomic mass is 19.1. The number of fused-ring (bicyclic) bond motifs is 1. The molecule has 1 atom stereocenters. The first-order chi connectivity index (χ1) is 12.8. The molecule has 0 saturated heterocycles. The Kier molecular flexibility index (Phi) is 4.79. The molecule has 0 fully saturated rings. The molecular weight excluding hydrogens is 333 g/mol. The number of pyridine rings is 1. The van der Waals surface area contributed by atoms with E-state index in [1.165, 1.54) is 12.1 Å². The topological polar surface area (TPSA) is 64.0 Å². The summed E-state index contributed by atoms with van der Waals surface area (Å²) >= 11 is 0. The zero-order chi connectivity index (χ0) is 17.8. The SMILES string of the molecule is Fc1ccc(Oc2ccc(CNC[C@H]3CNc4ccnn4C3)cn2)cc1. The van der Waals surface area contributed by atoms with Crippen molar-refractivity contribution >= 4 is 5.82 Å². The summed E-state index contributed by atoms with van der Waals surface area (Å²) in [5.41, 5.74) is 1.08. The molecular formula is C19H20FN5O. The maximum Gasteiger partial charge on any atom is 0.219 e. The normalized spacial score (nSPS) is 16.0. The van der Waals surface area contributed by atoms with Gasteiger partial charge in [-0.15, -0.1) is 0 Å². The number of ether oxygens (including phenoxy) is 1. The average Bonchev–Trinajstić information content (AvgIpc) is 3.13. The molecule has 0 radical (unpaired) electrons. The second-order valence-corrected chi connectivity index (χ2v) is 6.34. The predicted molar refractivity (Wildman–Crippen MR) is 96.6 cm³/mol. The van der Waals surface area contributed by atoms with Gasteiger partial charge in [0.1, 0.15) is 17.4 Å². The first kappa shape index (κ1) is 16.5. The van der Waals surface area contributed by atoms with Gasteiger partial charge in [-0.2, -0.15) is 5.10 Å². The molecule has 0 spiro atoms. The molecule has 134 valence electrons. The summed E-state index contributed by atoms with van der Waals surface area (Å²) in [7, 11) is 0. The summed E-state index contributed by atoms with van der Waals surface area (Å²) in [4.78, 5) is 4.30. The number of nitrogens with one attached hydrogen (secondary N) is 2. The lowest BCUT2D eigenvalue weighted by atomic mass is 10.1. The monoisotopic (exact) mass is 353 g/mol. The third kappa shape index (κ3) is 4.00. The van der Waals surface area contributed by atoms with Crippen LogP contribution in [-0.2, 0) is 13.1 Å². The van der Waals surface area contributed by atoms with E-state index in [4.69, 9.17) is 4.74 Å². The number of anilines is 1. The number of aromatic nitrogens is 3. The van der Waals surface area contributed by atoms with Crippen LogP contribution < -0.4 is 15.4 Å².